The molecule has 0 unspecified atom stereocenters. The lowest BCUT2D eigenvalue weighted by Gasteiger charge is -2.12. The van der Waals surface area contributed by atoms with Gasteiger partial charge < -0.3 is 0 Å². The van der Waals surface area contributed by atoms with Crippen LogP contribution in [0.5, 0.6) is 0 Å². The van der Waals surface area contributed by atoms with E-state index in [-0.39, 0.29) is 0 Å². The molecule has 0 fully saturated rings. The van der Waals surface area contributed by atoms with Crippen LogP contribution in [-0.2, 0) is 6.42 Å². The highest BCUT2D eigenvalue weighted by molar-refractivity contribution is 8.00. The number of benzene rings is 2. The molecule has 0 aliphatic rings. The summed E-state index contributed by atoms with van der Waals surface area (Å²) in [6.45, 7) is 4.25. The second kappa shape index (κ2) is 9.27. The number of hydrogen-bond donors (Lipinski definition) is 0. The molecule has 0 N–H and O–H groups in total. The third kappa shape index (κ3) is 5.49. The molecule has 3 aromatic rings. The normalized spacial score (nSPS) is 10.8. The summed E-state index contributed by atoms with van der Waals surface area (Å²) in [6.07, 6.45) is 0.738. The molecule has 0 bridgehead atoms. The summed E-state index contributed by atoms with van der Waals surface area (Å²) in [7, 11) is 0. The highest BCUT2D eigenvalue weighted by Gasteiger charge is 2.17. The van der Waals surface area contributed by atoms with Crippen LogP contribution in [0.25, 0.3) is 0 Å². The molecule has 0 aliphatic carbocycles. The van der Waals surface area contributed by atoms with Crippen molar-refractivity contribution >= 4 is 35.1 Å². The minimum Gasteiger partial charge on any atom is -0.226 e. The van der Waals surface area contributed by atoms with Crippen LogP contribution in [0.1, 0.15) is 25.1 Å². The average Bonchev–Trinajstić information content (AvgIpc) is 2.64. The van der Waals surface area contributed by atoms with Crippen molar-refractivity contribution < 1.29 is 0 Å². The largest absolute Gasteiger partial charge is 0.226 e. The molecule has 1 aromatic heterocycles. The molecule has 0 saturated heterocycles. The molecule has 2 aromatic carbocycles. The molecule has 0 spiro atoms. The maximum Gasteiger partial charge on any atom is 0.193 e. The van der Waals surface area contributed by atoms with Gasteiger partial charge in [0.05, 0.1) is 5.69 Å². The first-order valence-electron chi connectivity index (χ1n) is 8.52. The first-order valence-corrected chi connectivity index (χ1v) is 10.5. The fraction of sp³-hybridized carbons (Fsp3) is 0.190. The van der Waals surface area contributed by atoms with Gasteiger partial charge in [-0.1, -0.05) is 55.4 Å². The topological polar surface area (TPSA) is 49.6 Å². The zero-order chi connectivity index (χ0) is 19.2. The Morgan fingerprint density at radius 3 is 2.26 bits per heavy atom. The van der Waals surface area contributed by atoms with Gasteiger partial charge in [0.2, 0.25) is 0 Å². The Morgan fingerprint density at radius 1 is 0.963 bits per heavy atom. The van der Waals surface area contributed by atoms with E-state index in [2.05, 4.69) is 29.9 Å². The van der Waals surface area contributed by atoms with Gasteiger partial charge in [0.15, 0.2) is 5.16 Å². The van der Waals surface area contributed by atoms with Crippen molar-refractivity contribution in [3.63, 3.8) is 0 Å². The van der Waals surface area contributed by atoms with Crippen molar-refractivity contribution in [2.24, 2.45) is 5.92 Å². The van der Waals surface area contributed by atoms with Gasteiger partial charge >= 0.3 is 0 Å². The highest BCUT2D eigenvalue weighted by atomic mass is 35.5. The molecule has 3 nitrogen and oxygen atoms in total. The molecule has 0 atom stereocenters. The van der Waals surface area contributed by atoms with E-state index in [0.29, 0.717) is 26.7 Å². The van der Waals surface area contributed by atoms with E-state index >= 15 is 0 Å². The lowest BCUT2D eigenvalue weighted by atomic mass is 10.1. The fourth-order valence-electron chi connectivity index (χ4n) is 2.44. The Hall–Kier alpha value is -2.00. The van der Waals surface area contributed by atoms with Gasteiger partial charge in [-0.2, -0.15) is 5.26 Å². The standard InChI is InChI=1S/C21H18ClN3S2/c1-14(2)12-19-18(13-23)20(26-16-6-4-3-5-7-16)25-21(24-19)27-17-10-8-15(22)9-11-17/h3-11,14H,12H2,1-2H3. The van der Waals surface area contributed by atoms with E-state index in [0.717, 1.165) is 21.9 Å². The summed E-state index contributed by atoms with van der Waals surface area (Å²) in [6, 6.07) is 19.9. The van der Waals surface area contributed by atoms with Gasteiger partial charge in [-0.25, -0.2) is 9.97 Å². The first kappa shape index (κ1) is 19.8. The fourth-order valence-corrected chi connectivity index (χ4v) is 4.31. The maximum absolute atomic E-state index is 9.74. The van der Waals surface area contributed by atoms with Crippen molar-refractivity contribution in [2.45, 2.75) is 40.2 Å². The molecule has 27 heavy (non-hydrogen) atoms. The van der Waals surface area contributed by atoms with E-state index < -0.39 is 0 Å². The van der Waals surface area contributed by atoms with Crippen LogP contribution in [0.4, 0.5) is 0 Å². The predicted molar refractivity (Wildman–Crippen MR) is 111 cm³/mol. The molecule has 3 rings (SSSR count). The summed E-state index contributed by atoms with van der Waals surface area (Å²) in [4.78, 5) is 11.4. The second-order valence-electron chi connectivity index (χ2n) is 6.31. The highest BCUT2D eigenvalue weighted by Crippen LogP contribution is 2.34. The van der Waals surface area contributed by atoms with E-state index in [4.69, 9.17) is 11.6 Å². The SMILES string of the molecule is CC(C)Cc1nc(Sc2ccc(Cl)cc2)nc(Sc2ccccc2)c1C#N. The second-order valence-corrected chi connectivity index (χ2v) is 8.85. The zero-order valence-corrected chi connectivity index (χ0v) is 17.4. The molecule has 1 heterocycles. The minimum atomic E-state index is 0.398. The third-order valence-corrected chi connectivity index (χ3v) is 5.75. The lowest BCUT2D eigenvalue weighted by Crippen LogP contribution is -2.05. The van der Waals surface area contributed by atoms with Crippen molar-refractivity contribution in [1.29, 1.82) is 5.26 Å². The monoisotopic (exact) mass is 411 g/mol. The Balaban J connectivity index is 2.01. The van der Waals surface area contributed by atoms with E-state index in [1.807, 2.05) is 54.6 Å². The third-order valence-electron chi connectivity index (χ3n) is 3.62. The lowest BCUT2D eigenvalue weighted by molar-refractivity contribution is 0.621. The summed E-state index contributed by atoms with van der Waals surface area (Å²) >= 11 is 8.95. The minimum absolute atomic E-state index is 0.398. The number of nitriles is 1. The zero-order valence-electron chi connectivity index (χ0n) is 15.0. The van der Waals surface area contributed by atoms with Crippen molar-refractivity contribution in [3.05, 3.63) is 70.9 Å². The first-order chi connectivity index (χ1) is 13.0. The number of rotatable bonds is 6. The summed E-state index contributed by atoms with van der Waals surface area (Å²) in [5, 5.41) is 11.8. The smallest absolute Gasteiger partial charge is 0.193 e. The summed E-state index contributed by atoms with van der Waals surface area (Å²) in [5.41, 5.74) is 1.37. The molecular weight excluding hydrogens is 394 g/mol. The van der Waals surface area contributed by atoms with Gasteiger partial charge in [0, 0.05) is 14.8 Å². The average molecular weight is 412 g/mol. The van der Waals surface area contributed by atoms with Gasteiger partial charge in [-0.3, -0.25) is 0 Å². The molecule has 0 radical (unpaired) electrons. The van der Waals surface area contributed by atoms with Crippen LogP contribution >= 0.6 is 35.1 Å². The molecule has 0 amide bonds. The Bertz CT molecular complexity index is 952. The Morgan fingerprint density at radius 2 is 1.63 bits per heavy atom. The van der Waals surface area contributed by atoms with E-state index in [1.165, 1.54) is 23.5 Å². The molecular formula is C21H18ClN3S2. The van der Waals surface area contributed by atoms with E-state index in [9.17, 15) is 5.26 Å². The number of hydrogen-bond acceptors (Lipinski definition) is 5. The molecule has 136 valence electrons. The molecule has 6 heteroatoms. The van der Waals surface area contributed by atoms with Crippen molar-refractivity contribution in [2.75, 3.05) is 0 Å². The van der Waals surface area contributed by atoms with Crippen LogP contribution in [0, 0.1) is 17.2 Å². The van der Waals surface area contributed by atoms with Gasteiger partial charge in [-0.15, -0.1) is 0 Å². The van der Waals surface area contributed by atoms with Crippen LogP contribution in [0.15, 0.2) is 74.6 Å². The maximum atomic E-state index is 9.74. The predicted octanol–water partition coefficient (Wildman–Crippen LogP) is 6.50. The summed E-state index contributed by atoms with van der Waals surface area (Å²) < 4.78 is 0. The van der Waals surface area contributed by atoms with Crippen molar-refractivity contribution in [1.82, 2.24) is 9.97 Å². The molecule has 0 saturated carbocycles. The molecule has 0 aliphatic heterocycles. The van der Waals surface area contributed by atoms with Crippen LogP contribution in [-0.4, -0.2) is 9.97 Å². The van der Waals surface area contributed by atoms with Crippen LogP contribution in [0.2, 0.25) is 5.02 Å². The van der Waals surface area contributed by atoms with Gasteiger partial charge in [0.1, 0.15) is 16.7 Å². The van der Waals surface area contributed by atoms with Gasteiger partial charge in [0.25, 0.3) is 0 Å². The summed E-state index contributed by atoms with van der Waals surface area (Å²) in [5.74, 6) is 0.398. The Labute approximate surface area is 173 Å². The van der Waals surface area contributed by atoms with Crippen LogP contribution < -0.4 is 0 Å². The Kier molecular flexibility index (Phi) is 6.78. The van der Waals surface area contributed by atoms with E-state index in [1.54, 1.807) is 0 Å². The van der Waals surface area contributed by atoms with Gasteiger partial charge in [-0.05, 0) is 60.5 Å². The van der Waals surface area contributed by atoms with Crippen molar-refractivity contribution in [3.8, 4) is 6.07 Å². The quantitative estimate of drug-likeness (QED) is 0.342. The number of nitrogens with zero attached hydrogens (tertiary/aromatic N) is 3. The van der Waals surface area contributed by atoms with Crippen LogP contribution in [0.3, 0.4) is 0 Å². The number of halogens is 1. The number of aromatic nitrogens is 2.